The van der Waals surface area contributed by atoms with Crippen LogP contribution in [-0.4, -0.2) is 49.4 Å². The summed E-state index contributed by atoms with van der Waals surface area (Å²) in [5.41, 5.74) is 4.65. The van der Waals surface area contributed by atoms with Crippen molar-refractivity contribution >= 4 is 17.5 Å². The Balaban J connectivity index is 1.29. The van der Waals surface area contributed by atoms with E-state index in [2.05, 4.69) is 32.1 Å². The highest BCUT2D eigenvalue weighted by atomic mass is 16.5. The minimum atomic E-state index is -0.359. The molecule has 1 aromatic carbocycles. The van der Waals surface area contributed by atoms with E-state index in [0.717, 1.165) is 55.4 Å². The van der Waals surface area contributed by atoms with Gasteiger partial charge in [0.2, 0.25) is 5.88 Å². The zero-order valence-corrected chi connectivity index (χ0v) is 17.9. The van der Waals surface area contributed by atoms with Crippen molar-refractivity contribution in [2.24, 2.45) is 5.41 Å². The summed E-state index contributed by atoms with van der Waals surface area (Å²) in [5, 5.41) is 4.27. The fourth-order valence-corrected chi connectivity index (χ4v) is 4.80. The molecule has 2 aliphatic heterocycles. The fraction of sp³-hybridized carbons (Fsp3) is 0.375. The van der Waals surface area contributed by atoms with Crippen molar-refractivity contribution < 1.29 is 14.1 Å². The maximum atomic E-state index is 11.8. The first kappa shape index (κ1) is 19.6. The van der Waals surface area contributed by atoms with Crippen LogP contribution in [0.25, 0.3) is 11.3 Å². The highest BCUT2D eigenvalue weighted by molar-refractivity contribution is 5.90. The van der Waals surface area contributed by atoms with E-state index in [4.69, 9.17) is 9.26 Å². The number of carbonyl (C=O) groups is 1. The Morgan fingerprint density at radius 1 is 1.13 bits per heavy atom. The number of anilines is 2. The van der Waals surface area contributed by atoms with Crippen molar-refractivity contribution in [3.05, 3.63) is 59.9 Å². The van der Waals surface area contributed by atoms with E-state index in [1.807, 2.05) is 31.3 Å². The normalized spacial score (nSPS) is 17.5. The standard InChI is InChI=1S/C24H26N4O3/c1-17-11-20(7-9-25-17)28-15-24(16-28)8-4-10-27(14-24)22-13-21(26-31-22)18-5-3-6-19(12-18)23(29)30-2/h3,5-7,9,11-13H,4,8,10,14-16H2,1-2H3. The minimum absolute atomic E-state index is 0.285. The van der Waals surface area contributed by atoms with Crippen LogP contribution in [0.5, 0.6) is 0 Å². The maximum absolute atomic E-state index is 11.8. The quantitative estimate of drug-likeness (QED) is 0.594. The molecule has 5 rings (SSSR count). The second-order valence-electron chi connectivity index (χ2n) is 8.66. The molecule has 0 bridgehead atoms. The summed E-state index contributed by atoms with van der Waals surface area (Å²) in [7, 11) is 1.38. The second-order valence-corrected chi connectivity index (χ2v) is 8.66. The van der Waals surface area contributed by atoms with Gasteiger partial charge in [-0.1, -0.05) is 17.3 Å². The van der Waals surface area contributed by atoms with Gasteiger partial charge in [-0.05, 0) is 44.0 Å². The summed E-state index contributed by atoms with van der Waals surface area (Å²) >= 11 is 0. The number of hydrogen-bond donors (Lipinski definition) is 0. The number of methoxy groups -OCH3 is 1. The molecule has 0 radical (unpaired) electrons. The molecule has 160 valence electrons. The van der Waals surface area contributed by atoms with Crippen molar-refractivity contribution in [2.45, 2.75) is 19.8 Å². The van der Waals surface area contributed by atoms with E-state index in [0.29, 0.717) is 5.56 Å². The SMILES string of the molecule is COC(=O)c1cccc(-c2cc(N3CCCC4(CN(c5ccnc(C)c5)C4)C3)on2)c1. The topological polar surface area (TPSA) is 71.7 Å². The first-order valence-corrected chi connectivity index (χ1v) is 10.6. The Morgan fingerprint density at radius 3 is 2.77 bits per heavy atom. The van der Waals surface area contributed by atoms with E-state index in [1.165, 1.54) is 19.2 Å². The molecule has 31 heavy (non-hydrogen) atoms. The van der Waals surface area contributed by atoms with Crippen molar-refractivity contribution in [2.75, 3.05) is 43.1 Å². The third-order valence-electron chi connectivity index (χ3n) is 6.35. The zero-order valence-electron chi connectivity index (χ0n) is 17.9. The molecule has 7 heteroatoms. The predicted octanol–water partition coefficient (Wildman–Crippen LogP) is 3.94. The first-order valence-electron chi connectivity index (χ1n) is 10.6. The summed E-state index contributed by atoms with van der Waals surface area (Å²) in [6.45, 7) is 6.06. The Kier molecular flexibility index (Phi) is 4.88. The number of hydrogen-bond acceptors (Lipinski definition) is 7. The predicted molar refractivity (Wildman–Crippen MR) is 118 cm³/mol. The van der Waals surface area contributed by atoms with E-state index in [1.54, 1.807) is 12.1 Å². The lowest BCUT2D eigenvalue weighted by Crippen LogP contribution is -2.63. The maximum Gasteiger partial charge on any atom is 0.337 e. The van der Waals surface area contributed by atoms with E-state index >= 15 is 0 Å². The molecule has 2 saturated heterocycles. The first-order chi connectivity index (χ1) is 15.0. The second kappa shape index (κ2) is 7.72. The number of esters is 1. The molecule has 7 nitrogen and oxygen atoms in total. The van der Waals surface area contributed by atoms with E-state index < -0.39 is 0 Å². The lowest BCUT2D eigenvalue weighted by molar-refractivity contribution is 0.0601. The van der Waals surface area contributed by atoms with Crippen LogP contribution in [0.2, 0.25) is 0 Å². The van der Waals surface area contributed by atoms with Gasteiger partial charge in [-0.3, -0.25) is 4.98 Å². The smallest absolute Gasteiger partial charge is 0.337 e. The number of rotatable bonds is 4. The molecule has 3 aromatic rings. The van der Waals surface area contributed by atoms with E-state index in [9.17, 15) is 4.79 Å². The largest absolute Gasteiger partial charge is 0.465 e. The molecular weight excluding hydrogens is 392 g/mol. The van der Waals surface area contributed by atoms with Crippen molar-refractivity contribution in [1.29, 1.82) is 0 Å². The zero-order chi connectivity index (χ0) is 21.4. The molecule has 0 aliphatic carbocycles. The van der Waals surface area contributed by atoms with E-state index in [-0.39, 0.29) is 11.4 Å². The van der Waals surface area contributed by atoms with Crippen LogP contribution in [0.15, 0.2) is 53.2 Å². The number of aryl methyl sites for hydroxylation is 1. The number of pyridine rings is 1. The van der Waals surface area contributed by atoms with Crippen LogP contribution in [-0.2, 0) is 4.74 Å². The minimum Gasteiger partial charge on any atom is -0.465 e. The Bertz CT molecular complexity index is 1100. The molecule has 1 spiro atoms. The fourth-order valence-electron chi connectivity index (χ4n) is 4.80. The average molecular weight is 418 g/mol. The van der Waals surface area contributed by atoms with Gasteiger partial charge in [0, 0.05) is 60.8 Å². The lowest BCUT2D eigenvalue weighted by Gasteiger charge is -2.55. The van der Waals surface area contributed by atoms with Gasteiger partial charge in [0.1, 0.15) is 5.69 Å². The van der Waals surface area contributed by atoms with Crippen LogP contribution in [0, 0.1) is 12.3 Å². The van der Waals surface area contributed by atoms with Crippen LogP contribution in [0.4, 0.5) is 11.6 Å². The number of aromatic nitrogens is 2. The van der Waals surface area contributed by atoms with Gasteiger partial charge in [-0.25, -0.2) is 4.79 Å². The summed E-state index contributed by atoms with van der Waals surface area (Å²) < 4.78 is 10.5. The molecule has 2 aliphatic rings. The molecule has 0 N–H and O–H groups in total. The van der Waals surface area contributed by atoms with Crippen molar-refractivity contribution in [1.82, 2.24) is 10.1 Å². The molecular formula is C24H26N4O3. The third kappa shape index (κ3) is 3.76. The lowest BCUT2D eigenvalue weighted by atomic mass is 9.73. The van der Waals surface area contributed by atoms with Crippen molar-refractivity contribution in [3.8, 4) is 11.3 Å². The van der Waals surface area contributed by atoms with Gasteiger partial charge in [-0.15, -0.1) is 0 Å². The summed E-state index contributed by atoms with van der Waals surface area (Å²) in [6.07, 6.45) is 4.25. The Labute approximate surface area is 181 Å². The summed E-state index contributed by atoms with van der Waals surface area (Å²) in [5.74, 6) is 0.429. The number of piperidine rings is 1. The number of nitrogens with zero attached hydrogens (tertiary/aromatic N) is 4. The van der Waals surface area contributed by atoms with Gasteiger partial charge in [-0.2, -0.15) is 0 Å². The molecule has 0 unspecified atom stereocenters. The summed E-state index contributed by atoms with van der Waals surface area (Å²) in [4.78, 5) is 20.9. The molecule has 0 saturated carbocycles. The van der Waals surface area contributed by atoms with Crippen LogP contribution in [0.3, 0.4) is 0 Å². The molecule has 2 aromatic heterocycles. The number of ether oxygens (including phenoxy) is 1. The monoisotopic (exact) mass is 418 g/mol. The van der Waals surface area contributed by atoms with Crippen LogP contribution >= 0.6 is 0 Å². The van der Waals surface area contributed by atoms with Gasteiger partial charge >= 0.3 is 5.97 Å². The van der Waals surface area contributed by atoms with Gasteiger partial charge in [0.25, 0.3) is 0 Å². The van der Waals surface area contributed by atoms with Crippen LogP contribution in [0.1, 0.15) is 28.9 Å². The third-order valence-corrected chi connectivity index (χ3v) is 6.35. The van der Waals surface area contributed by atoms with Crippen LogP contribution < -0.4 is 9.80 Å². The molecule has 4 heterocycles. The summed E-state index contributed by atoms with van der Waals surface area (Å²) in [6, 6.07) is 13.5. The van der Waals surface area contributed by atoms with Gasteiger partial charge < -0.3 is 19.1 Å². The highest BCUT2D eigenvalue weighted by Gasteiger charge is 2.46. The van der Waals surface area contributed by atoms with Crippen molar-refractivity contribution in [3.63, 3.8) is 0 Å². The number of benzene rings is 1. The average Bonchev–Trinajstić information content (AvgIpc) is 3.27. The highest BCUT2D eigenvalue weighted by Crippen LogP contribution is 2.42. The molecule has 2 fully saturated rings. The Hall–Kier alpha value is -3.35. The van der Waals surface area contributed by atoms with Gasteiger partial charge in [0.15, 0.2) is 0 Å². The number of carbonyl (C=O) groups excluding carboxylic acids is 1. The molecule has 0 amide bonds. The van der Waals surface area contributed by atoms with Gasteiger partial charge in [0.05, 0.1) is 12.7 Å². The molecule has 0 atom stereocenters. The Morgan fingerprint density at radius 2 is 1.97 bits per heavy atom.